The van der Waals surface area contributed by atoms with Gasteiger partial charge in [0, 0.05) is 25.8 Å². The lowest BCUT2D eigenvalue weighted by Gasteiger charge is -2.39. The fourth-order valence-electron chi connectivity index (χ4n) is 3.75. The Hall–Kier alpha value is -0.610. The number of hydrogen-bond acceptors (Lipinski definition) is 3. The van der Waals surface area contributed by atoms with Gasteiger partial charge in [-0.25, -0.2) is 0 Å². The number of nitrogens with one attached hydrogen (secondary N) is 2. The van der Waals surface area contributed by atoms with E-state index in [0.717, 1.165) is 44.4 Å². The van der Waals surface area contributed by atoms with E-state index in [1.807, 2.05) is 0 Å². The van der Waals surface area contributed by atoms with Crippen LogP contribution in [0.3, 0.4) is 0 Å². The lowest BCUT2D eigenvalue weighted by molar-refractivity contribution is -0.124. The van der Waals surface area contributed by atoms with Crippen LogP contribution < -0.4 is 10.6 Å². The van der Waals surface area contributed by atoms with Crippen LogP contribution >= 0.6 is 0 Å². The van der Waals surface area contributed by atoms with Gasteiger partial charge in [0.2, 0.25) is 5.91 Å². The van der Waals surface area contributed by atoms with Gasteiger partial charge in [0.05, 0.1) is 6.04 Å². The van der Waals surface area contributed by atoms with Crippen LogP contribution in [0.5, 0.6) is 0 Å². The summed E-state index contributed by atoms with van der Waals surface area (Å²) >= 11 is 0. The van der Waals surface area contributed by atoms with Crippen LogP contribution in [0.25, 0.3) is 0 Å². The highest BCUT2D eigenvalue weighted by Gasteiger charge is 2.34. The van der Waals surface area contributed by atoms with Gasteiger partial charge < -0.3 is 15.4 Å². The van der Waals surface area contributed by atoms with Gasteiger partial charge in [-0.05, 0) is 56.8 Å². The largest absolute Gasteiger partial charge is 0.381 e. The van der Waals surface area contributed by atoms with Gasteiger partial charge in [0.25, 0.3) is 0 Å². The molecule has 4 nitrogen and oxygen atoms in total. The van der Waals surface area contributed by atoms with Crippen LogP contribution in [-0.2, 0) is 9.53 Å². The van der Waals surface area contributed by atoms with Crippen LogP contribution in [0.15, 0.2) is 0 Å². The first-order chi connectivity index (χ1) is 10.3. The SMILES string of the molecule is O=C(NCCCOCC1CC1)C1CCC2CCCCC2N1. The first kappa shape index (κ1) is 15.3. The molecule has 0 aromatic carbocycles. The Kier molecular flexibility index (Phi) is 5.53. The maximum atomic E-state index is 12.2. The molecule has 2 saturated carbocycles. The summed E-state index contributed by atoms with van der Waals surface area (Å²) in [6, 6.07) is 0.627. The zero-order valence-electron chi connectivity index (χ0n) is 13.1. The monoisotopic (exact) mass is 294 g/mol. The summed E-state index contributed by atoms with van der Waals surface area (Å²) in [5.74, 6) is 1.84. The summed E-state index contributed by atoms with van der Waals surface area (Å²) in [7, 11) is 0. The van der Waals surface area contributed by atoms with Crippen LogP contribution in [0.1, 0.15) is 57.8 Å². The molecule has 120 valence electrons. The molecule has 3 rings (SSSR count). The highest BCUT2D eigenvalue weighted by atomic mass is 16.5. The molecule has 21 heavy (non-hydrogen) atoms. The third kappa shape index (κ3) is 4.68. The molecule has 0 aromatic heterocycles. The lowest BCUT2D eigenvalue weighted by atomic mass is 9.77. The van der Waals surface area contributed by atoms with E-state index in [0.29, 0.717) is 6.04 Å². The first-order valence-electron chi connectivity index (χ1n) is 8.94. The summed E-state index contributed by atoms with van der Waals surface area (Å²) in [6.07, 6.45) is 11.1. The normalized spacial score (nSPS) is 32.5. The Balaban J connectivity index is 1.27. The highest BCUT2D eigenvalue weighted by molar-refractivity contribution is 5.81. The average Bonchev–Trinajstić information content (AvgIpc) is 3.34. The van der Waals surface area contributed by atoms with Crippen LogP contribution in [0, 0.1) is 11.8 Å². The quantitative estimate of drug-likeness (QED) is 0.708. The molecule has 0 spiro atoms. The molecule has 1 amide bonds. The molecule has 3 unspecified atom stereocenters. The molecular formula is C17H30N2O2. The van der Waals surface area contributed by atoms with E-state index in [1.54, 1.807) is 0 Å². The Morgan fingerprint density at radius 2 is 1.95 bits per heavy atom. The highest BCUT2D eigenvalue weighted by Crippen LogP contribution is 2.32. The number of carbonyl (C=O) groups is 1. The molecular weight excluding hydrogens is 264 g/mol. The maximum Gasteiger partial charge on any atom is 0.237 e. The number of rotatable bonds is 7. The fraction of sp³-hybridized carbons (Fsp3) is 0.941. The minimum Gasteiger partial charge on any atom is -0.381 e. The van der Waals surface area contributed by atoms with Gasteiger partial charge in [-0.2, -0.15) is 0 Å². The second kappa shape index (κ2) is 7.59. The minimum absolute atomic E-state index is 0.0386. The summed E-state index contributed by atoms with van der Waals surface area (Å²) < 4.78 is 5.59. The van der Waals surface area contributed by atoms with Crippen LogP contribution in [0.4, 0.5) is 0 Å². The van der Waals surface area contributed by atoms with Crippen molar-refractivity contribution in [3.8, 4) is 0 Å². The summed E-state index contributed by atoms with van der Waals surface area (Å²) in [6.45, 7) is 2.44. The van der Waals surface area contributed by atoms with Crippen LogP contribution in [0.2, 0.25) is 0 Å². The smallest absolute Gasteiger partial charge is 0.237 e. The van der Waals surface area contributed by atoms with E-state index < -0.39 is 0 Å². The zero-order valence-corrected chi connectivity index (χ0v) is 13.1. The second-order valence-corrected chi connectivity index (χ2v) is 7.11. The van der Waals surface area contributed by atoms with Gasteiger partial charge in [-0.15, -0.1) is 0 Å². The van der Waals surface area contributed by atoms with E-state index in [4.69, 9.17) is 4.74 Å². The molecule has 2 N–H and O–H groups in total. The van der Waals surface area contributed by atoms with Crippen molar-refractivity contribution in [2.75, 3.05) is 19.8 Å². The fourth-order valence-corrected chi connectivity index (χ4v) is 3.75. The lowest BCUT2D eigenvalue weighted by Crippen LogP contribution is -2.55. The van der Waals surface area contributed by atoms with Gasteiger partial charge in [-0.1, -0.05) is 12.8 Å². The molecule has 3 atom stereocenters. The molecule has 0 bridgehead atoms. The van der Waals surface area contributed by atoms with Crippen molar-refractivity contribution in [3.63, 3.8) is 0 Å². The Bertz CT molecular complexity index is 344. The summed E-state index contributed by atoms with van der Waals surface area (Å²) in [5, 5.41) is 6.66. The third-order valence-corrected chi connectivity index (χ3v) is 5.28. The number of ether oxygens (including phenoxy) is 1. The second-order valence-electron chi connectivity index (χ2n) is 7.11. The molecule has 1 saturated heterocycles. The van der Waals surface area contributed by atoms with Crippen molar-refractivity contribution < 1.29 is 9.53 Å². The third-order valence-electron chi connectivity index (χ3n) is 5.28. The van der Waals surface area contributed by atoms with Gasteiger partial charge in [0.1, 0.15) is 0 Å². The molecule has 3 aliphatic rings. The number of piperidine rings is 1. The molecule has 3 fully saturated rings. The summed E-state index contributed by atoms with van der Waals surface area (Å²) in [4.78, 5) is 12.2. The molecule has 1 aliphatic heterocycles. The Morgan fingerprint density at radius 1 is 1.10 bits per heavy atom. The molecule has 2 aliphatic carbocycles. The van der Waals surface area contributed by atoms with E-state index in [2.05, 4.69) is 10.6 Å². The van der Waals surface area contributed by atoms with E-state index in [1.165, 1.54) is 44.9 Å². The van der Waals surface area contributed by atoms with Crippen LogP contribution in [-0.4, -0.2) is 37.7 Å². The zero-order chi connectivity index (χ0) is 14.5. The molecule has 0 radical (unpaired) electrons. The average molecular weight is 294 g/mol. The number of carbonyl (C=O) groups excluding carboxylic acids is 1. The van der Waals surface area contributed by atoms with E-state index in [9.17, 15) is 4.79 Å². The van der Waals surface area contributed by atoms with Crippen molar-refractivity contribution in [2.45, 2.75) is 69.9 Å². The number of hydrogen-bond donors (Lipinski definition) is 2. The van der Waals surface area contributed by atoms with Crippen molar-refractivity contribution in [2.24, 2.45) is 11.8 Å². The number of amides is 1. The van der Waals surface area contributed by atoms with Gasteiger partial charge in [-0.3, -0.25) is 4.79 Å². The van der Waals surface area contributed by atoms with E-state index >= 15 is 0 Å². The predicted molar refractivity (Wildman–Crippen MR) is 83.1 cm³/mol. The predicted octanol–water partition coefficient (Wildman–Crippen LogP) is 2.23. The first-order valence-corrected chi connectivity index (χ1v) is 8.94. The van der Waals surface area contributed by atoms with Crippen molar-refractivity contribution in [3.05, 3.63) is 0 Å². The van der Waals surface area contributed by atoms with Crippen molar-refractivity contribution in [1.82, 2.24) is 10.6 Å². The molecule has 0 aromatic rings. The molecule has 1 heterocycles. The molecule has 4 heteroatoms. The Morgan fingerprint density at radius 3 is 2.81 bits per heavy atom. The van der Waals surface area contributed by atoms with E-state index in [-0.39, 0.29) is 11.9 Å². The topological polar surface area (TPSA) is 50.4 Å². The summed E-state index contributed by atoms with van der Waals surface area (Å²) in [5.41, 5.74) is 0. The van der Waals surface area contributed by atoms with Gasteiger partial charge >= 0.3 is 0 Å². The maximum absolute atomic E-state index is 12.2. The van der Waals surface area contributed by atoms with Crippen molar-refractivity contribution in [1.29, 1.82) is 0 Å². The standard InChI is InChI=1S/C17H30N2O2/c20-17(18-10-3-11-21-12-13-6-7-13)16-9-8-14-4-1-2-5-15(14)19-16/h13-16,19H,1-12H2,(H,18,20). The Labute approximate surface area is 128 Å². The number of fused-ring (bicyclic) bond motifs is 1. The van der Waals surface area contributed by atoms with Crippen molar-refractivity contribution >= 4 is 5.91 Å². The minimum atomic E-state index is 0.0386. The van der Waals surface area contributed by atoms with Gasteiger partial charge in [0.15, 0.2) is 0 Å².